The van der Waals surface area contributed by atoms with Crippen LogP contribution in [0.4, 0.5) is 0 Å². The summed E-state index contributed by atoms with van der Waals surface area (Å²) in [4.78, 5) is 13.2. The molecule has 1 aromatic heterocycles. The van der Waals surface area contributed by atoms with Crippen LogP contribution >= 0.6 is 11.6 Å². The van der Waals surface area contributed by atoms with Crippen molar-refractivity contribution in [2.24, 2.45) is 0 Å². The molecule has 0 unspecified atom stereocenters. The first kappa shape index (κ1) is 7.15. The number of hydrogen-bond donors (Lipinski definition) is 1. The lowest BCUT2D eigenvalue weighted by Gasteiger charge is -1.95. The number of aromatic nitrogens is 1. The van der Waals surface area contributed by atoms with Gasteiger partial charge in [-0.3, -0.25) is 4.79 Å². The lowest BCUT2D eigenvalue weighted by Crippen LogP contribution is -2.07. The van der Waals surface area contributed by atoms with Gasteiger partial charge >= 0.3 is 0 Å². The van der Waals surface area contributed by atoms with Crippen LogP contribution in [-0.2, 0) is 0 Å². The fourth-order valence-corrected chi connectivity index (χ4v) is 0.746. The van der Waals surface area contributed by atoms with E-state index >= 15 is 0 Å². The number of methoxy groups -OCH3 is 1. The SMILES string of the molecule is COc1ccc(Cl)[nH]c1=O. The van der Waals surface area contributed by atoms with Crippen molar-refractivity contribution in [3.8, 4) is 5.75 Å². The maximum atomic E-state index is 10.8. The molecule has 4 heteroatoms. The first-order valence-corrected chi connectivity index (χ1v) is 3.04. The topological polar surface area (TPSA) is 42.1 Å². The minimum atomic E-state index is -0.310. The third kappa shape index (κ3) is 1.30. The molecule has 1 heterocycles. The van der Waals surface area contributed by atoms with Gasteiger partial charge in [0.05, 0.1) is 7.11 Å². The Morgan fingerprint density at radius 1 is 1.60 bits per heavy atom. The molecule has 1 rings (SSSR count). The number of hydrogen-bond acceptors (Lipinski definition) is 2. The highest BCUT2D eigenvalue weighted by atomic mass is 35.5. The number of ether oxygens (including phenoxy) is 1. The first-order valence-electron chi connectivity index (χ1n) is 2.67. The van der Waals surface area contributed by atoms with Crippen LogP contribution in [0, 0.1) is 0 Å². The molecule has 0 aliphatic carbocycles. The van der Waals surface area contributed by atoms with Crippen molar-refractivity contribution in [3.63, 3.8) is 0 Å². The molecule has 0 spiro atoms. The van der Waals surface area contributed by atoms with Gasteiger partial charge in [0.15, 0.2) is 5.75 Å². The van der Waals surface area contributed by atoms with Gasteiger partial charge in [0, 0.05) is 0 Å². The Labute approximate surface area is 62.6 Å². The lowest BCUT2D eigenvalue weighted by molar-refractivity contribution is 0.408. The van der Waals surface area contributed by atoms with Crippen molar-refractivity contribution in [1.29, 1.82) is 0 Å². The Morgan fingerprint density at radius 2 is 2.30 bits per heavy atom. The third-order valence-corrected chi connectivity index (χ3v) is 1.28. The molecule has 3 nitrogen and oxygen atoms in total. The Hall–Kier alpha value is -0.960. The zero-order valence-electron chi connectivity index (χ0n) is 5.35. The van der Waals surface area contributed by atoms with E-state index in [2.05, 4.69) is 4.98 Å². The third-order valence-electron chi connectivity index (χ3n) is 1.06. The molecular formula is C6H6ClNO2. The first-order chi connectivity index (χ1) is 4.74. The minimum absolute atomic E-state index is 0.268. The maximum absolute atomic E-state index is 10.8. The number of H-pyrrole nitrogens is 1. The molecule has 0 radical (unpaired) electrons. The summed E-state index contributed by atoms with van der Waals surface area (Å²) < 4.78 is 4.70. The standard InChI is InChI=1S/C6H6ClNO2/c1-10-4-2-3-5(7)8-6(4)9/h2-3H,1H3,(H,8,9). The zero-order chi connectivity index (χ0) is 7.56. The second-order valence-corrected chi connectivity index (χ2v) is 2.11. The Bertz CT molecular complexity index is 281. The monoisotopic (exact) mass is 159 g/mol. The average Bonchev–Trinajstić information content (AvgIpc) is 1.88. The van der Waals surface area contributed by atoms with E-state index in [1.807, 2.05) is 0 Å². The second kappa shape index (κ2) is 2.75. The van der Waals surface area contributed by atoms with E-state index in [0.717, 1.165) is 0 Å². The number of pyridine rings is 1. The summed E-state index contributed by atoms with van der Waals surface area (Å²) in [5.74, 6) is 0.268. The van der Waals surface area contributed by atoms with Crippen LogP contribution in [0.2, 0.25) is 5.15 Å². The van der Waals surface area contributed by atoms with Crippen LogP contribution in [0.1, 0.15) is 0 Å². The summed E-state index contributed by atoms with van der Waals surface area (Å²) in [7, 11) is 1.43. The van der Waals surface area contributed by atoms with Crippen molar-refractivity contribution in [3.05, 3.63) is 27.6 Å². The second-order valence-electron chi connectivity index (χ2n) is 1.70. The molecule has 0 fully saturated rings. The summed E-state index contributed by atoms with van der Waals surface area (Å²) in [6.07, 6.45) is 0. The molecule has 54 valence electrons. The van der Waals surface area contributed by atoms with E-state index in [4.69, 9.17) is 16.3 Å². The fourth-order valence-electron chi connectivity index (χ4n) is 0.597. The van der Waals surface area contributed by atoms with Gasteiger partial charge in [0.25, 0.3) is 5.56 Å². The molecule has 1 aromatic rings. The highest BCUT2D eigenvalue weighted by Crippen LogP contribution is 2.05. The van der Waals surface area contributed by atoms with Crippen LogP contribution < -0.4 is 10.3 Å². The predicted molar refractivity (Wildman–Crippen MR) is 38.6 cm³/mol. The van der Waals surface area contributed by atoms with Crippen LogP contribution in [0.3, 0.4) is 0 Å². The Balaban J connectivity index is 3.20. The van der Waals surface area contributed by atoms with E-state index in [1.165, 1.54) is 13.2 Å². The highest BCUT2D eigenvalue weighted by Gasteiger charge is 1.96. The summed E-state index contributed by atoms with van der Waals surface area (Å²) in [6.45, 7) is 0. The quantitative estimate of drug-likeness (QED) is 0.622. The van der Waals surface area contributed by atoms with Crippen molar-refractivity contribution < 1.29 is 4.74 Å². The molecule has 10 heavy (non-hydrogen) atoms. The van der Waals surface area contributed by atoms with Gasteiger partial charge in [-0.05, 0) is 12.1 Å². The van der Waals surface area contributed by atoms with Gasteiger partial charge in [0.1, 0.15) is 5.15 Å². The molecule has 0 saturated heterocycles. The van der Waals surface area contributed by atoms with E-state index in [9.17, 15) is 4.79 Å². The molecule has 0 atom stereocenters. The average molecular weight is 160 g/mol. The van der Waals surface area contributed by atoms with Crippen molar-refractivity contribution in [2.45, 2.75) is 0 Å². The summed E-state index contributed by atoms with van der Waals surface area (Å²) >= 11 is 5.46. The molecule has 1 N–H and O–H groups in total. The summed E-state index contributed by atoms with van der Waals surface area (Å²) in [5, 5.41) is 0.311. The van der Waals surface area contributed by atoms with Gasteiger partial charge < -0.3 is 9.72 Å². The number of nitrogens with one attached hydrogen (secondary N) is 1. The van der Waals surface area contributed by atoms with Gasteiger partial charge in [-0.25, -0.2) is 0 Å². The Kier molecular flexibility index (Phi) is 1.97. The molecular weight excluding hydrogens is 154 g/mol. The van der Waals surface area contributed by atoms with Crippen molar-refractivity contribution in [2.75, 3.05) is 7.11 Å². The molecule has 0 aromatic carbocycles. The van der Waals surface area contributed by atoms with E-state index in [0.29, 0.717) is 5.15 Å². The largest absolute Gasteiger partial charge is 0.491 e. The van der Waals surface area contributed by atoms with Gasteiger partial charge in [0.2, 0.25) is 0 Å². The smallest absolute Gasteiger partial charge is 0.291 e. The zero-order valence-corrected chi connectivity index (χ0v) is 6.11. The van der Waals surface area contributed by atoms with E-state index in [-0.39, 0.29) is 11.3 Å². The van der Waals surface area contributed by atoms with E-state index in [1.54, 1.807) is 6.07 Å². The Morgan fingerprint density at radius 3 is 2.80 bits per heavy atom. The van der Waals surface area contributed by atoms with Crippen molar-refractivity contribution >= 4 is 11.6 Å². The number of rotatable bonds is 1. The van der Waals surface area contributed by atoms with Crippen LogP contribution in [-0.4, -0.2) is 12.1 Å². The van der Waals surface area contributed by atoms with Gasteiger partial charge in [-0.2, -0.15) is 0 Å². The molecule has 0 aliphatic heterocycles. The van der Waals surface area contributed by atoms with Crippen molar-refractivity contribution in [1.82, 2.24) is 4.98 Å². The van der Waals surface area contributed by atoms with Gasteiger partial charge in [-0.1, -0.05) is 11.6 Å². The van der Waals surface area contributed by atoms with Gasteiger partial charge in [-0.15, -0.1) is 0 Å². The molecule has 0 bridgehead atoms. The molecule has 0 saturated carbocycles. The highest BCUT2D eigenvalue weighted by molar-refractivity contribution is 6.29. The summed E-state index contributed by atoms with van der Waals surface area (Å²) in [6, 6.07) is 3.07. The van der Waals surface area contributed by atoms with Crippen LogP contribution in [0.25, 0.3) is 0 Å². The van der Waals surface area contributed by atoms with Crippen LogP contribution in [0.5, 0.6) is 5.75 Å². The number of aromatic amines is 1. The fraction of sp³-hybridized carbons (Fsp3) is 0.167. The molecule has 0 amide bonds. The lowest BCUT2D eigenvalue weighted by atomic mass is 10.5. The normalized spacial score (nSPS) is 9.40. The predicted octanol–water partition coefficient (Wildman–Crippen LogP) is 1.04. The number of halogens is 1. The maximum Gasteiger partial charge on any atom is 0.291 e. The van der Waals surface area contributed by atoms with E-state index < -0.39 is 0 Å². The van der Waals surface area contributed by atoms with Crippen LogP contribution in [0.15, 0.2) is 16.9 Å². The molecule has 0 aliphatic rings. The summed E-state index contributed by atoms with van der Waals surface area (Å²) in [5.41, 5.74) is -0.310. The minimum Gasteiger partial charge on any atom is -0.491 e.